The summed E-state index contributed by atoms with van der Waals surface area (Å²) in [7, 11) is 0. The molecule has 2 unspecified atom stereocenters. The Kier molecular flexibility index (Phi) is 7.13. The molecule has 9 aromatic carbocycles. The lowest BCUT2D eigenvalue weighted by Crippen LogP contribution is -3.06. The van der Waals surface area contributed by atoms with Crippen LogP contribution in [0.15, 0.2) is 219 Å². The van der Waals surface area contributed by atoms with E-state index >= 15 is 0 Å². The maximum atomic E-state index is 2.59. The number of nitrogens with two attached hydrogens (primary N) is 1. The van der Waals surface area contributed by atoms with E-state index in [9.17, 15) is 0 Å². The fourth-order valence-corrected chi connectivity index (χ4v) is 11.0. The molecule has 3 heteroatoms. The van der Waals surface area contributed by atoms with Gasteiger partial charge in [-0.25, -0.2) is 0 Å². The Hall–Kier alpha value is -7.46. The SMILES string of the molecule is C1=C(c2ccccc2)C=C(c2ccccc2)C2[NH2+]C(c3ccc4c(c3)C3(c5ccccc5-4)c4ccc5ccccc5c4N(c4ccccc4)c4c3ccc3ccccc43)N12. The molecule has 2 N–H and O–H groups in total. The van der Waals surface area contributed by atoms with Gasteiger partial charge >= 0.3 is 0 Å². The minimum atomic E-state index is -0.572. The van der Waals surface area contributed by atoms with Gasteiger partial charge in [-0.05, 0) is 85.1 Å². The molecular formula is C57H40N3+. The van der Waals surface area contributed by atoms with Crippen LogP contribution >= 0.6 is 0 Å². The first-order chi connectivity index (χ1) is 29.8. The van der Waals surface area contributed by atoms with Crippen LogP contribution in [0.25, 0.3) is 43.8 Å². The lowest BCUT2D eigenvalue weighted by Gasteiger charge is -2.48. The van der Waals surface area contributed by atoms with Gasteiger partial charge in [-0.15, -0.1) is 0 Å². The van der Waals surface area contributed by atoms with Crippen LogP contribution in [-0.4, -0.2) is 11.1 Å². The van der Waals surface area contributed by atoms with Gasteiger partial charge in [0.05, 0.1) is 16.8 Å². The van der Waals surface area contributed by atoms with Crippen molar-refractivity contribution in [2.45, 2.75) is 17.7 Å². The molecule has 3 nitrogen and oxygen atoms in total. The normalized spacial score (nSPS) is 17.9. The fourth-order valence-electron chi connectivity index (χ4n) is 11.0. The van der Waals surface area contributed by atoms with Crippen LogP contribution in [0.4, 0.5) is 17.1 Å². The van der Waals surface area contributed by atoms with Crippen molar-refractivity contribution < 1.29 is 5.32 Å². The maximum absolute atomic E-state index is 2.59. The van der Waals surface area contributed by atoms with Gasteiger partial charge in [0.1, 0.15) is 0 Å². The highest BCUT2D eigenvalue weighted by atomic mass is 15.5. The number of quaternary nitrogens is 1. The molecule has 282 valence electrons. The molecule has 0 aromatic heterocycles. The highest BCUT2D eigenvalue weighted by Crippen LogP contribution is 2.65. The molecule has 1 saturated heterocycles. The molecule has 0 saturated carbocycles. The number of nitrogens with zero attached hydrogens (tertiary/aromatic N) is 2. The highest BCUT2D eigenvalue weighted by Gasteiger charge is 2.54. The second-order valence-corrected chi connectivity index (χ2v) is 16.6. The number of benzene rings is 9. The van der Waals surface area contributed by atoms with Gasteiger partial charge in [-0.2, -0.15) is 0 Å². The number of fused-ring (bicyclic) bond motifs is 14. The van der Waals surface area contributed by atoms with Gasteiger partial charge in [-0.1, -0.05) is 188 Å². The molecule has 0 amide bonds. The molecule has 0 bridgehead atoms. The zero-order valence-electron chi connectivity index (χ0n) is 32.9. The van der Waals surface area contributed by atoms with Crippen molar-refractivity contribution in [3.63, 3.8) is 0 Å². The fraction of sp³-hybridized carbons (Fsp3) is 0.0526. The molecule has 2 atom stereocenters. The summed E-state index contributed by atoms with van der Waals surface area (Å²) < 4.78 is 0. The molecule has 1 fully saturated rings. The molecule has 3 heterocycles. The first-order valence-electron chi connectivity index (χ1n) is 21.1. The third-order valence-electron chi connectivity index (χ3n) is 13.6. The van der Waals surface area contributed by atoms with E-state index in [1.54, 1.807) is 0 Å². The van der Waals surface area contributed by atoms with Crippen LogP contribution in [0.5, 0.6) is 0 Å². The van der Waals surface area contributed by atoms with E-state index in [1.165, 1.54) is 94.1 Å². The monoisotopic (exact) mass is 766 g/mol. The Labute approximate surface area is 349 Å². The Bertz CT molecular complexity index is 3170. The Morgan fingerprint density at radius 3 is 1.68 bits per heavy atom. The topological polar surface area (TPSA) is 23.1 Å². The van der Waals surface area contributed by atoms with Crippen molar-refractivity contribution in [1.82, 2.24) is 4.90 Å². The van der Waals surface area contributed by atoms with Crippen molar-refractivity contribution >= 4 is 49.8 Å². The van der Waals surface area contributed by atoms with Crippen LogP contribution in [0.1, 0.15) is 45.1 Å². The van der Waals surface area contributed by atoms with Crippen molar-refractivity contribution in [3.8, 4) is 11.1 Å². The summed E-state index contributed by atoms with van der Waals surface area (Å²) in [6.07, 6.45) is 5.10. The van der Waals surface area contributed by atoms with Gasteiger partial charge < -0.3 is 4.90 Å². The van der Waals surface area contributed by atoms with E-state index in [1.807, 2.05) is 0 Å². The van der Waals surface area contributed by atoms with E-state index in [0.29, 0.717) is 0 Å². The first-order valence-corrected chi connectivity index (χ1v) is 21.1. The Balaban J connectivity index is 1.08. The lowest BCUT2D eigenvalue weighted by atomic mass is 9.63. The Morgan fingerprint density at radius 2 is 1.00 bits per heavy atom. The third-order valence-corrected chi connectivity index (χ3v) is 13.6. The number of para-hydroxylation sites is 1. The minimum absolute atomic E-state index is 0.115. The molecule has 1 aliphatic carbocycles. The van der Waals surface area contributed by atoms with Gasteiger partial charge in [0.15, 0.2) is 12.3 Å². The van der Waals surface area contributed by atoms with E-state index in [0.717, 1.165) is 5.69 Å². The average molecular weight is 767 g/mol. The van der Waals surface area contributed by atoms with Gasteiger partial charge in [0, 0.05) is 33.8 Å². The van der Waals surface area contributed by atoms with Crippen molar-refractivity contribution in [2.24, 2.45) is 0 Å². The molecule has 1 spiro atoms. The highest BCUT2D eigenvalue weighted by molar-refractivity contribution is 6.11. The summed E-state index contributed by atoms with van der Waals surface area (Å²) >= 11 is 0. The average Bonchev–Trinajstić information content (AvgIpc) is 3.60. The van der Waals surface area contributed by atoms with Crippen molar-refractivity contribution in [1.29, 1.82) is 0 Å². The second kappa shape index (κ2) is 12.8. The van der Waals surface area contributed by atoms with Crippen LogP contribution in [0.2, 0.25) is 0 Å². The zero-order chi connectivity index (χ0) is 39.4. The van der Waals surface area contributed by atoms with Gasteiger partial charge in [0.2, 0.25) is 0 Å². The number of anilines is 3. The van der Waals surface area contributed by atoms with Crippen molar-refractivity contribution in [3.05, 3.63) is 257 Å². The van der Waals surface area contributed by atoms with Crippen molar-refractivity contribution in [2.75, 3.05) is 4.90 Å². The van der Waals surface area contributed by atoms with E-state index in [2.05, 4.69) is 234 Å². The smallest absolute Gasteiger partial charge is 0.195 e. The molecule has 60 heavy (non-hydrogen) atoms. The Morgan fingerprint density at radius 1 is 0.433 bits per heavy atom. The van der Waals surface area contributed by atoms with Crippen LogP contribution in [0.3, 0.4) is 0 Å². The van der Waals surface area contributed by atoms with E-state index in [4.69, 9.17) is 0 Å². The summed E-state index contributed by atoms with van der Waals surface area (Å²) in [4.78, 5) is 5.15. The first kappa shape index (κ1) is 33.5. The van der Waals surface area contributed by atoms with Crippen LogP contribution in [0, 0.1) is 0 Å². The predicted molar refractivity (Wildman–Crippen MR) is 246 cm³/mol. The predicted octanol–water partition coefficient (Wildman–Crippen LogP) is 12.5. The summed E-state index contributed by atoms with van der Waals surface area (Å²) in [6, 6.07) is 76.7. The standard InChI is InChI=1S/C57H39N3/c1-4-16-37(17-5-1)42-34-48(38-18-6-2-7-19-38)56-58-55(59(56)36-42)41-28-31-47-46-26-14-15-27-49(46)57(52(47)35-41)50-32-29-39-20-10-12-24-44(39)53(50)60(43-22-8-3-9-23-43)54-45-25-13-11-21-40(45)30-33-51(54)57/h1-36,55-56,58H/p+1. The number of allylic oxidation sites excluding steroid dienone is 2. The number of hydrogen-bond donors (Lipinski definition) is 1. The van der Waals surface area contributed by atoms with E-state index < -0.39 is 5.41 Å². The second-order valence-electron chi connectivity index (χ2n) is 16.6. The summed E-state index contributed by atoms with van der Waals surface area (Å²) in [5.41, 5.74) is 17.4. The molecule has 9 aromatic rings. The quantitative estimate of drug-likeness (QED) is 0.193. The third kappa shape index (κ3) is 4.58. The molecule has 0 radical (unpaired) electrons. The van der Waals surface area contributed by atoms with Crippen LogP contribution < -0.4 is 10.2 Å². The molecule has 13 rings (SSSR count). The maximum Gasteiger partial charge on any atom is 0.195 e. The number of rotatable bonds is 4. The summed E-state index contributed by atoms with van der Waals surface area (Å²) in [5, 5.41) is 7.52. The minimum Gasteiger partial charge on any atom is -0.309 e. The van der Waals surface area contributed by atoms with Gasteiger partial charge in [0.25, 0.3) is 0 Å². The largest absolute Gasteiger partial charge is 0.309 e. The summed E-state index contributed by atoms with van der Waals surface area (Å²) in [5.74, 6) is 0. The van der Waals surface area contributed by atoms with Gasteiger partial charge in [-0.3, -0.25) is 10.2 Å². The zero-order valence-corrected chi connectivity index (χ0v) is 32.9. The van der Waals surface area contributed by atoms with E-state index in [-0.39, 0.29) is 12.3 Å². The summed E-state index contributed by atoms with van der Waals surface area (Å²) in [6.45, 7) is 0. The molecule has 4 aliphatic rings. The van der Waals surface area contributed by atoms with Crippen LogP contribution in [-0.2, 0) is 5.41 Å². The number of hydrogen-bond acceptors (Lipinski definition) is 2. The molecular weight excluding hydrogens is 727 g/mol. The lowest BCUT2D eigenvalue weighted by molar-refractivity contribution is -0.824. The molecule has 3 aliphatic heterocycles.